The molecule has 1 aliphatic rings. The Morgan fingerprint density at radius 1 is 0.673 bits per heavy atom. The second kappa shape index (κ2) is 16.9. The lowest BCUT2D eigenvalue weighted by atomic mass is 10.1. The average molecular weight is 742 g/mol. The minimum atomic E-state index is -0.149. The zero-order chi connectivity index (χ0) is 38.1. The van der Waals surface area contributed by atoms with Crippen molar-refractivity contribution in [1.29, 1.82) is 0 Å². The summed E-state index contributed by atoms with van der Waals surface area (Å²) in [5.74, 6) is 2.67. The number of aryl methyl sites for hydroxylation is 4. The smallest absolute Gasteiger partial charge is 0.274 e. The highest BCUT2D eigenvalue weighted by atomic mass is 16.5. The number of rotatable bonds is 10. The molecule has 5 aromatic heterocycles. The average Bonchev–Trinajstić information content (AvgIpc) is 3.91. The van der Waals surface area contributed by atoms with E-state index in [9.17, 15) is 4.79 Å². The molecule has 0 bridgehead atoms. The van der Waals surface area contributed by atoms with Crippen molar-refractivity contribution >= 4 is 5.91 Å². The Hall–Kier alpha value is -6.74. The monoisotopic (exact) mass is 741 g/mol. The Morgan fingerprint density at radius 3 is 1.69 bits per heavy atom. The number of carbonyl (C=O) groups excluding carboxylic acids is 1. The van der Waals surface area contributed by atoms with Crippen LogP contribution in [-0.4, -0.2) is 77.6 Å². The van der Waals surface area contributed by atoms with E-state index in [-0.39, 0.29) is 12.5 Å². The van der Waals surface area contributed by atoms with Crippen molar-refractivity contribution in [2.45, 2.75) is 40.9 Å². The molecular weight excluding hydrogens is 702 g/mol. The molecule has 6 heterocycles. The Bertz CT molecular complexity index is 2320. The number of carbonyl (C=O) groups is 1. The third-order valence-electron chi connectivity index (χ3n) is 8.80. The van der Waals surface area contributed by atoms with Gasteiger partial charge in [-0.05, 0) is 45.9 Å². The number of aromatic nitrogens is 8. The standard InChI is InChI=1S/C20H19N5O2.C20H20N4O4/c1-13-11-14(2)25(23-13)18-9-10-19(22-21-18)26-12-17-15(3)27-24-20(17)16-7-5-4-6-8-16;1-14-16(19(23-28-14)15-5-3-2-4-6-15)13-27-18-8-7-17(21-22-18)20(25)24-9-11-26-12-10-24/h4-11H,12H2,1-3H3;2-8H,9-13H2,1H3. The summed E-state index contributed by atoms with van der Waals surface area (Å²) >= 11 is 0. The van der Waals surface area contributed by atoms with Gasteiger partial charge in [-0.15, -0.1) is 20.4 Å². The van der Waals surface area contributed by atoms with Gasteiger partial charge in [-0.2, -0.15) is 5.10 Å². The van der Waals surface area contributed by atoms with Crippen molar-refractivity contribution < 1.29 is 28.1 Å². The molecule has 15 heteroatoms. The van der Waals surface area contributed by atoms with E-state index in [2.05, 4.69) is 35.8 Å². The highest BCUT2D eigenvalue weighted by Gasteiger charge is 2.21. The molecule has 0 spiro atoms. The van der Waals surface area contributed by atoms with Crippen LogP contribution in [0, 0.1) is 27.7 Å². The van der Waals surface area contributed by atoms with E-state index >= 15 is 0 Å². The highest BCUT2D eigenvalue weighted by Crippen LogP contribution is 2.27. The van der Waals surface area contributed by atoms with Crippen molar-refractivity contribution in [3.05, 3.63) is 131 Å². The lowest BCUT2D eigenvalue weighted by Crippen LogP contribution is -2.41. The molecular formula is C40H39N9O6. The number of hydrogen-bond donors (Lipinski definition) is 0. The van der Waals surface area contributed by atoms with Crippen LogP contribution in [0.15, 0.2) is 100 Å². The van der Waals surface area contributed by atoms with E-state index in [0.717, 1.165) is 50.8 Å². The van der Waals surface area contributed by atoms with Gasteiger partial charge in [0.25, 0.3) is 5.91 Å². The molecule has 0 N–H and O–H groups in total. The predicted molar refractivity (Wildman–Crippen MR) is 199 cm³/mol. The summed E-state index contributed by atoms with van der Waals surface area (Å²) in [4.78, 5) is 14.1. The predicted octanol–water partition coefficient (Wildman–Crippen LogP) is 6.31. The van der Waals surface area contributed by atoms with E-state index < -0.39 is 0 Å². The first-order chi connectivity index (χ1) is 26.8. The molecule has 55 heavy (non-hydrogen) atoms. The molecule has 15 nitrogen and oxygen atoms in total. The molecule has 1 aliphatic heterocycles. The van der Waals surface area contributed by atoms with Gasteiger partial charge in [0.2, 0.25) is 11.8 Å². The fourth-order valence-electron chi connectivity index (χ4n) is 5.86. The van der Waals surface area contributed by atoms with Crippen LogP contribution in [0.5, 0.6) is 11.8 Å². The van der Waals surface area contributed by atoms with E-state index in [1.54, 1.807) is 27.8 Å². The third-order valence-corrected chi connectivity index (χ3v) is 8.80. The van der Waals surface area contributed by atoms with E-state index in [0.29, 0.717) is 61.9 Å². The molecule has 0 unspecified atom stereocenters. The van der Waals surface area contributed by atoms with E-state index in [1.165, 1.54) is 0 Å². The number of hydrogen-bond acceptors (Lipinski definition) is 13. The highest BCUT2D eigenvalue weighted by molar-refractivity contribution is 5.92. The molecule has 280 valence electrons. The second-order valence-corrected chi connectivity index (χ2v) is 12.7. The molecule has 1 saturated heterocycles. The quantitative estimate of drug-likeness (QED) is 0.153. The SMILES string of the molecule is Cc1cc(C)n(-c2ccc(OCc3c(-c4ccccc4)noc3C)nn2)n1.Cc1onc(-c2ccccc2)c1COc1ccc(C(=O)N2CCOCC2)nn1. The van der Waals surface area contributed by atoms with Gasteiger partial charge in [0.15, 0.2) is 11.5 Å². The number of morpholine rings is 1. The Morgan fingerprint density at radius 2 is 1.22 bits per heavy atom. The summed E-state index contributed by atoms with van der Waals surface area (Å²) in [7, 11) is 0. The molecule has 0 saturated carbocycles. The van der Waals surface area contributed by atoms with Crippen LogP contribution < -0.4 is 9.47 Å². The number of amides is 1. The number of benzene rings is 2. The van der Waals surface area contributed by atoms with Crippen molar-refractivity contribution in [3.63, 3.8) is 0 Å². The van der Waals surface area contributed by atoms with Crippen LogP contribution in [0.4, 0.5) is 0 Å². The molecule has 1 amide bonds. The van der Waals surface area contributed by atoms with Crippen LogP contribution in [0.3, 0.4) is 0 Å². The lowest BCUT2D eigenvalue weighted by molar-refractivity contribution is 0.0298. The Labute approximate surface area is 316 Å². The van der Waals surface area contributed by atoms with E-state index in [1.807, 2.05) is 100 Å². The molecule has 0 aliphatic carbocycles. The fraction of sp³-hybridized carbons (Fsp3) is 0.250. The van der Waals surface area contributed by atoms with Gasteiger partial charge < -0.3 is 28.2 Å². The van der Waals surface area contributed by atoms with Gasteiger partial charge in [0.1, 0.15) is 36.1 Å². The summed E-state index contributed by atoms with van der Waals surface area (Å²) in [5, 5.41) is 29.1. The normalized spacial score (nSPS) is 12.5. The number of nitrogens with zero attached hydrogens (tertiary/aromatic N) is 9. The van der Waals surface area contributed by atoms with Crippen LogP contribution in [0.1, 0.15) is 44.5 Å². The Balaban J connectivity index is 0.000000169. The summed E-state index contributed by atoms with van der Waals surface area (Å²) < 4.78 is 29.3. The van der Waals surface area contributed by atoms with Crippen molar-refractivity contribution in [2.75, 3.05) is 26.3 Å². The van der Waals surface area contributed by atoms with E-state index in [4.69, 9.17) is 23.3 Å². The Kier molecular flexibility index (Phi) is 11.3. The minimum absolute atomic E-state index is 0.149. The topological polar surface area (TPSA) is 169 Å². The van der Waals surface area contributed by atoms with Crippen molar-refractivity contribution in [3.8, 4) is 40.1 Å². The molecule has 7 aromatic rings. The van der Waals surface area contributed by atoms with Crippen molar-refractivity contribution in [2.24, 2.45) is 0 Å². The molecule has 0 radical (unpaired) electrons. The van der Waals surface area contributed by atoms with Gasteiger partial charge in [0.05, 0.1) is 30.0 Å². The molecule has 8 rings (SSSR count). The van der Waals surface area contributed by atoms with Gasteiger partial charge in [-0.1, -0.05) is 71.0 Å². The van der Waals surface area contributed by atoms with Gasteiger partial charge >= 0.3 is 0 Å². The van der Waals surface area contributed by atoms with Crippen LogP contribution in [0.2, 0.25) is 0 Å². The third kappa shape index (κ3) is 8.74. The van der Waals surface area contributed by atoms with Gasteiger partial charge in [-0.25, -0.2) is 4.68 Å². The first kappa shape index (κ1) is 36.6. The molecule has 1 fully saturated rings. The summed E-state index contributed by atoms with van der Waals surface area (Å²) in [6.45, 7) is 10.4. The maximum atomic E-state index is 12.4. The summed E-state index contributed by atoms with van der Waals surface area (Å²) in [6.07, 6.45) is 0. The largest absolute Gasteiger partial charge is 0.472 e. The first-order valence-electron chi connectivity index (χ1n) is 17.7. The maximum Gasteiger partial charge on any atom is 0.274 e. The van der Waals surface area contributed by atoms with Crippen LogP contribution in [0.25, 0.3) is 28.3 Å². The van der Waals surface area contributed by atoms with Gasteiger partial charge in [-0.3, -0.25) is 4.79 Å². The van der Waals surface area contributed by atoms with Crippen LogP contribution in [-0.2, 0) is 18.0 Å². The molecule has 2 aromatic carbocycles. The van der Waals surface area contributed by atoms with Crippen LogP contribution >= 0.6 is 0 Å². The maximum absolute atomic E-state index is 12.4. The summed E-state index contributed by atoms with van der Waals surface area (Å²) in [5.41, 5.74) is 7.43. The van der Waals surface area contributed by atoms with Gasteiger partial charge in [0, 0.05) is 42.0 Å². The fourth-order valence-corrected chi connectivity index (χ4v) is 5.86. The lowest BCUT2D eigenvalue weighted by Gasteiger charge is -2.26. The minimum Gasteiger partial charge on any atom is -0.472 e. The number of ether oxygens (including phenoxy) is 3. The summed E-state index contributed by atoms with van der Waals surface area (Å²) in [6, 6.07) is 28.5. The zero-order valence-corrected chi connectivity index (χ0v) is 30.9. The van der Waals surface area contributed by atoms with Crippen molar-refractivity contribution in [1.82, 2.24) is 45.4 Å². The second-order valence-electron chi connectivity index (χ2n) is 12.7. The zero-order valence-electron chi connectivity index (χ0n) is 30.9. The first-order valence-corrected chi connectivity index (χ1v) is 17.7. The molecule has 0 atom stereocenters.